The third-order valence-electron chi connectivity index (χ3n) is 5.50. The fourth-order valence-electron chi connectivity index (χ4n) is 4.46. The van der Waals surface area contributed by atoms with E-state index in [0.717, 1.165) is 19.3 Å². The van der Waals surface area contributed by atoms with E-state index in [4.69, 9.17) is 0 Å². The van der Waals surface area contributed by atoms with Crippen molar-refractivity contribution in [2.75, 3.05) is 0 Å². The molecule has 2 atom stereocenters. The molecule has 0 heterocycles. The lowest BCUT2D eigenvalue weighted by molar-refractivity contribution is -0.125. The highest BCUT2D eigenvalue weighted by atomic mass is 16.1. The standard InChI is InChI=1S/C19H28O.C2H6/c1-18(2,3)13-10-14(19(4,5)6)17-12-8-7-11(16(13)17)9-15(12)20;1-2/h11-12H,7-10H2,1-6H3;1-2H3. The molecule has 0 saturated heterocycles. The number of rotatable bonds is 0. The van der Waals surface area contributed by atoms with Gasteiger partial charge in [-0.3, -0.25) is 4.79 Å². The molecule has 0 aromatic carbocycles. The molecule has 0 spiro atoms. The van der Waals surface area contributed by atoms with Gasteiger partial charge in [-0.25, -0.2) is 0 Å². The third-order valence-corrected chi connectivity index (χ3v) is 5.50. The number of hydrogen-bond acceptors (Lipinski definition) is 1. The molecular formula is C21H34O. The quantitative estimate of drug-likeness (QED) is 0.528. The summed E-state index contributed by atoms with van der Waals surface area (Å²) in [6.07, 6.45) is 4.24. The van der Waals surface area contributed by atoms with E-state index >= 15 is 0 Å². The maximum absolute atomic E-state index is 12.4. The molecule has 0 aromatic heterocycles. The first kappa shape index (κ1) is 17.5. The van der Waals surface area contributed by atoms with E-state index in [9.17, 15) is 4.79 Å². The average Bonchev–Trinajstić information content (AvgIpc) is 2.83. The molecule has 124 valence electrons. The Bertz CT molecular complexity index is 531. The normalized spacial score (nSPS) is 27.9. The van der Waals surface area contributed by atoms with Gasteiger partial charge in [-0.2, -0.15) is 0 Å². The summed E-state index contributed by atoms with van der Waals surface area (Å²) in [6, 6.07) is 0. The summed E-state index contributed by atoms with van der Waals surface area (Å²) in [4.78, 5) is 12.4. The van der Waals surface area contributed by atoms with E-state index in [-0.39, 0.29) is 16.7 Å². The van der Waals surface area contributed by atoms with Crippen LogP contribution in [0.1, 0.15) is 81.1 Å². The van der Waals surface area contributed by atoms with Gasteiger partial charge in [0.15, 0.2) is 0 Å². The summed E-state index contributed by atoms with van der Waals surface area (Å²) in [6.45, 7) is 17.9. The number of allylic oxidation sites excluding steroid dienone is 4. The van der Waals surface area contributed by atoms with Crippen molar-refractivity contribution in [1.82, 2.24) is 0 Å². The molecule has 0 aliphatic heterocycles. The molecule has 0 radical (unpaired) electrons. The molecule has 1 heteroatoms. The SMILES string of the molecule is CC.CC(C)(C)C1=C2C(=C(C(C)(C)C)C1)C1CCC2CC1=O. The van der Waals surface area contributed by atoms with Crippen LogP contribution in [0.5, 0.6) is 0 Å². The number of hydrogen-bond donors (Lipinski definition) is 0. The van der Waals surface area contributed by atoms with Crippen molar-refractivity contribution in [1.29, 1.82) is 0 Å². The highest BCUT2D eigenvalue weighted by Gasteiger charge is 2.48. The van der Waals surface area contributed by atoms with Gasteiger partial charge in [0.25, 0.3) is 0 Å². The van der Waals surface area contributed by atoms with E-state index in [0.29, 0.717) is 11.7 Å². The smallest absolute Gasteiger partial charge is 0.140 e. The second-order valence-electron chi connectivity index (χ2n) is 8.96. The van der Waals surface area contributed by atoms with Gasteiger partial charge in [-0.1, -0.05) is 66.5 Å². The van der Waals surface area contributed by atoms with Gasteiger partial charge >= 0.3 is 0 Å². The molecule has 0 aromatic rings. The molecular weight excluding hydrogens is 268 g/mol. The second kappa shape index (κ2) is 5.65. The predicted molar refractivity (Wildman–Crippen MR) is 94.8 cm³/mol. The van der Waals surface area contributed by atoms with E-state index in [2.05, 4.69) is 41.5 Å². The first-order valence-electron chi connectivity index (χ1n) is 9.11. The van der Waals surface area contributed by atoms with Crippen molar-refractivity contribution in [2.45, 2.75) is 81.1 Å². The van der Waals surface area contributed by atoms with Crippen LogP contribution in [0.3, 0.4) is 0 Å². The summed E-state index contributed by atoms with van der Waals surface area (Å²) >= 11 is 0. The van der Waals surface area contributed by atoms with Gasteiger partial charge in [0.05, 0.1) is 0 Å². The summed E-state index contributed by atoms with van der Waals surface area (Å²) in [5.41, 5.74) is 6.69. The average molecular weight is 303 g/mol. The van der Waals surface area contributed by atoms with Crippen LogP contribution in [-0.4, -0.2) is 5.78 Å². The van der Waals surface area contributed by atoms with Gasteiger partial charge < -0.3 is 0 Å². The van der Waals surface area contributed by atoms with E-state index in [1.807, 2.05) is 13.8 Å². The van der Waals surface area contributed by atoms with E-state index in [1.54, 1.807) is 16.7 Å². The van der Waals surface area contributed by atoms with Gasteiger partial charge in [0, 0.05) is 12.3 Å². The van der Waals surface area contributed by atoms with Crippen molar-refractivity contribution in [3.63, 3.8) is 0 Å². The zero-order valence-electron chi connectivity index (χ0n) is 15.9. The van der Waals surface area contributed by atoms with Crippen LogP contribution in [-0.2, 0) is 4.79 Å². The van der Waals surface area contributed by atoms with Crippen LogP contribution >= 0.6 is 0 Å². The maximum atomic E-state index is 12.4. The minimum absolute atomic E-state index is 0.186. The fraction of sp³-hybridized carbons (Fsp3) is 0.762. The summed E-state index contributed by atoms with van der Waals surface area (Å²) < 4.78 is 0. The van der Waals surface area contributed by atoms with Gasteiger partial charge in [-0.05, 0) is 47.2 Å². The number of carbonyl (C=O) groups is 1. The number of fused-ring (bicyclic) bond motifs is 2. The topological polar surface area (TPSA) is 17.1 Å². The number of Topliss-reactive ketones (excluding diaryl/α,β-unsaturated/α-hetero) is 1. The Balaban J connectivity index is 0.000000847. The predicted octanol–water partition coefficient (Wildman–Crippen LogP) is 6.10. The Morgan fingerprint density at radius 3 is 1.77 bits per heavy atom. The highest BCUT2D eigenvalue weighted by molar-refractivity contribution is 5.90. The second-order valence-corrected chi connectivity index (χ2v) is 8.96. The lowest BCUT2D eigenvalue weighted by atomic mass is 9.62. The lowest BCUT2D eigenvalue weighted by Crippen LogP contribution is -2.36. The van der Waals surface area contributed by atoms with Crippen molar-refractivity contribution >= 4 is 5.78 Å². The molecule has 4 aliphatic rings. The highest BCUT2D eigenvalue weighted by Crippen LogP contribution is 2.58. The van der Waals surface area contributed by atoms with Gasteiger partial charge in [0.2, 0.25) is 0 Å². The molecule has 3 fully saturated rings. The van der Waals surface area contributed by atoms with Gasteiger partial charge in [0.1, 0.15) is 5.78 Å². The molecule has 2 unspecified atom stereocenters. The van der Waals surface area contributed by atoms with Crippen LogP contribution in [0.15, 0.2) is 22.3 Å². The fourth-order valence-corrected chi connectivity index (χ4v) is 4.46. The third kappa shape index (κ3) is 2.72. The summed E-state index contributed by atoms with van der Waals surface area (Å²) in [5.74, 6) is 1.26. The van der Waals surface area contributed by atoms with Crippen LogP contribution in [0, 0.1) is 22.7 Å². The molecule has 1 nitrogen and oxygen atoms in total. The first-order valence-corrected chi connectivity index (χ1v) is 9.11. The number of ketones is 1. The monoisotopic (exact) mass is 302 g/mol. The largest absolute Gasteiger partial charge is 0.299 e. The zero-order chi connectivity index (χ0) is 16.9. The molecule has 0 N–H and O–H groups in total. The van der Waals surface area contributed by atoms with Crippen LogP contribution in [0.4, 0.5) is 0 Å². The summed E-state index contributed by atoms with van der Waals surface area (Å²) in [5, 5.41) is 0. The van der Waals surface area contributed by atoms with Crippen LogP contribution in [0.25, 0.3) is 0 Å². The van der Waals surface area contributed by atoms with Crippen molar-refractivity contribution in [3.8, 4) is 0 Å². The van der Waals surface area contributed by atoms with Crippen molar-refractivity contribution < 1.29 is 4.79 Å². The molecule has 4 aliphatic carbocycles. The van der Waals surface area contributed by atoms with Crippen LogP contribution in [0.2, 0.25) is 0 Å². The minimum Gasteiger partial charge on any atom is -0.299 e. The summed E-state index contributed by atoms with van der Waals surface area (Å²) in [7, 11) is 0. The van der Waals surface area contributed by atoms with Crippen LogP contribution < -0.4 is 0 Å². The zero-order valence-corrected chi connectivity index (χ0v) is 15.9. The Hall–Kier alpha value is -0.850. The number of carbonyl (C=O) groups excluding carboxylic acids is 1. The molecule has 2 bridgehead atoms. The molecule has 3 saturated carbocycles. The Morgan fingerprint density at radius 1 is 0.818 bits per heavy atom. The first-order chi connectivity index (χ1) is 10.1. The Kier molecular flexibility index (Phi) is 4.50. The van der Waals surface area contributed by atoms with E-state index in [1.165, 1.54) is 12.0 Å². The maximum Gasteiger partial charge on any atom is 0.140 e. The van der Waals surface area contributed by atoms with Gasteiger partial charge in [-0.15, -0.1) is 0 Å². The molecule has 4 rings (SSSR count). The Morgan fingerprint density at radius 2 is 1.32 bits per heavy atom. The minimum atomic E-state index is 0.186. The Labute approximate surface area is 137 Å². The molecule has 22 heavy (non-hydrogen) atoms. The van der Waals surface area contributed by atoms with Crippen molar-refractivity contribution in [3.05, 3.63) is 22.3 Å². The lowest BCUT2D eigenvalue weighted by Gasteiger charge is -2.41. The van der Waals surface area contributed by atoms with E-state index < -0.39 is 0 Å². The van der Waals surface area contributed by atoms with Crippen molar-refractivity contribution in [2.24, 2.45) is 22.7 Å². The molecule has 0 amide bonds.